The minimum Gasteiger partial charge on any atom is -0.262 e. The van der Waals surface area contributed by atoms with Crippen LogP contribution in [0.5, 0.6) is 0 Å². The summed E-state index contributed by atoms with van der Waals surface area (Å²) in [6.45, 7) is 1.84. The van der Waals surface area contributed by atoms with Gasteiger partial charge in [0.1, 0.15) is 5.15 Å². The predicted molar refractivity (Wildman–Crippen MR) is 68.1 cm³/mol. The summed E-state index contributed by atoms with van der Waals surface area (Å²) in [7, 11) is -2.99. The first-order valence-electron chi connectivity index (χ1n) is 4.90. The Morgan fingerprint density at radius 2 is 2.29 bits per heavy atom. The maximum atomic E-state index is 11.9. The van der Waals surface area contributed by atoms with Gasteiger partial charge in [0.05, 0.1) is 0 Å². The third-order valence-corrected chi connectivity index (χ3v) is 4.29. The van der Waals surface area contributed by atoms with E-state index in [1.165, 1.54) is 6.26 Å². The van der Waals surface area contributed by atoms with Crippen molar-refractivity contribution >= 4 is 21.7 Å². The lowest BCUT2D eigenvalue weighted by atomic mass is 10.1. The van der Waals surface area contributed by atoms with E-state index in [1.54, 1.807) is 18.3 Å². The maximum absolute atomic E-state index is 11.9. The molecule has 0 fully saturated rings. The molecule has 0 radical (unpaired) electrons. The molecule has 1 atom stereocenters. The number of nitrogens with one attached hydrogen (secondary N) is 1. The van der Waals surface area contributed by atoms with Crippen molar-refractivity contribution < 1.29 is 9.24 Å². The van der Waals surface area contributed by atoms with Crippen molar-refractivity contribution in [3.8, 4) is 0 Å². The molecule has 0 aliphatic rings. The van der Waals surface area contributed by atoms with E-state index in [0.717, 1.165) is 5.56 Å². The van der Waals surface area contributed by atoms with Crippen LogP contribution in [-0.2, 0) is 10.1 Å². The molecule has 1 aromatic rings. The third-order valence-electron chi connectivity index (χ3n) is 2.23. The number of nitro groups is 1. The number of nitrogens with zero attached hydrogens (tertiary/aromatic N) is 2. The van der Waals surface area contributed by atoms with E-state index in [0.29, 0.717) is 5.15 Å². The molecule has 17 heavy (non-hydrogen) atoms. The quantitative estimate of drug-likeness (QED) is 0.367. The van der Waals surface area contributed by atoms with Crippen LogP contribution in [0, 0.1) is 10.1 Å². The van der Waals surface area contributed by atoms with Crippen LogP contribution in [-0.4, -0.2) is 26.2 Å². The molecule has 0 amide bonds. The van der Waals surface area contributed by atoms with Crippen molar-refractivity contribution in [2.75, 3.05) is 12.0 Å². The molecule has 96 valence electrons. The van der Waals surface area contributed by atoms with Crippen molar-refractivity contribution in [2.45, 2.75) is 12.8 Å². The number of halogens is 1. The summed E-state index contributed by atoms with van der Waals surface area (Å²) >= 11 is 5.65. The van der Waals surface area contributed by atoms with Gasteiger partial charge in [-0.2, -0.15) is 0 Å². The zero-order valence-corrected chi connectivity index (χ0v) is 11.1. The Kier molecular flexibility index (Phi) is 4.41. The third kappa shape index (κ3) is 4.66. The molecule has 1 N–H and O–H groups in total. The van der Waals surface area contributed by atoms with Crippen LogP contribution in [0.2, 0.25) is 5.15 Å². The second-order valence-corrected chi connectivity index (χ2v) is 7.11. The van der Waals surface area contributed by atoms with Crippen molar-refractivity contribution in [1.82, 2.24) is 9.82 Å². The van der Waals surface area contributed by atoms with E-state index in [9.17, 15) is 14.3 Å². The predicted octanol–water partition coefficient (Wildman–Crippen LogP) is 1.18. The van der Waals surface area contributed by atoms with Crippen LogP contribution in [0.4, 0.5) is 0 Å². The first kappa shape index (κ1) is 13.9. The first-order valence-corrected chi connectivity index (χ1v) is 7.62. The SMILES string of the molecule is CC(C[SH](C)(=O)N[N+](=O)[O-])c1ccc(Cl)nc1. The lowest BCUT2D eigenvalue weighted by Gasteiger charge is -2.19. The average Bonchev–Trinajstić information content (AvgIpc) is 2.15. The zero-order chi connectivity index (χ0) is 13.1. The molecular formula is C9H14ClN3O3S. The van der Waals surface area contributed by atoms with Crippen LogP contribution in [0.15, 0.2) is 18.3 Å². The molecule has 1 rings (SSSR count). The molecule has 0 saturated heterocycles. The van der Waals surface area contributed by atoms with Gasteiger partial charge >= 0.3 is 0 Å². The van der Waals surface area contributed by atoms with Crippen molar-refractivity contribution in [3.05, 3.63) is 39.2 Å². The molecule has 0 aromatic carbocycles. The second kappa shape index (κ2) is 5.42. The second-order valence-electron chi connectivity index (χ2n) is 3.96. The van der Waals surface area contributed by atoms with E-state index in [1.807, 2.05) is 11.8 Å². The van der Waals surface area contributed by atoms with E-state index in [4.69, 9.17) is 11.6 Å². The molecule has 0 bridgehead atoms. The van der Waals surface area contributed by atoms with Crippen molar-refractivity contribution in [2.24, 2.45) is 0 Å². The Hall–Kier alpha value is -1.21. The normalized spacial score (nSPS) is 14.1. The van der Waals surface area contributed by atoms with E-state index in [2.05, 4.69) is 4.98 Å². The molecule has 1 aromatic heterocycles. The average molecular weight is 280 g/mol. The summed E-state index contributed by atoms with van der Waals surface area (Å²) < 4.78 is 11.9. The monoisotopic (exact) mass is 279 g/mol. The van der Waals surface area contributed by atoms with Gasteiger partial charge in [-0.15, -0.1) is 0 Å². The van der Waals surface area contributed by atoms with Gasteiger partial charge in [0.15, 0.2) is 5.03 Å². The minimum absolute atomic E-state index is 0.0944. The lowest BCUT2D eigenvalue weighted by molar-refractivity contribution is -0.518. The highest BCUT2D eigenvalue weighted by atomic mass is 35.5. The van der Waals surface area contributed by atoms with Gasteiger partial charge in [-0.05, 0) is 17.5 Å². The van der Waals surface area contributed by atoms with Crippen LogP contribution in [0.3, 0.4) is 0 Å². The Morgan fingerprint density at radius 1 is 1.65 bits per heavy atom. The van der Waals surface area contributed by atoms with Gasteiger partial charge in [0.2, 0.25) is 0 Å². The van der Waals surface area contributed by atoms with Gasteiger partial charge in [-0.3, -0.25) is 4.21 Å². The number of hydrazine groups is 1. The van der Waals surface area contributed by atoms with Crippen LogP contribution < -0.4 is 4.83 Å². The molecule has 0 aliphatic carbocycles. The minimum atomic E-state index is -2.99. The molecule has 0 spiro atoms. The molecule has 1 unspecified atom stereocenters. The fraction of sp³-hybridized carbons (Fsp3) is 0.444. The lowest BCUT2D eigenvalue weighted by Crippen LogP contribution is -2.38. The van der Waals surface area contributed by atoms with E-state index >= 15 is 0 Å². The largest absolute Gasteiger partial charge is 0.262 e. The Labute approximate surface area is 105 Å². The fourth-order valence-corrected chi connectivity index (χ4v) is 3.32. The molecule has 8 heteroatoms. The molecular weight excluding hydrogens is 266 g/mol. The van der Waals surface area contributed by atoms with Crippen molar-refractivity contribution in [3.63, 3.8) is 0 Å². The highest BCUT2D eigenvalue weighted by molar-refractivity contribution is 8.00. The topological polar surface area (TPSA) is 85.1 Å². The Bertz CT molecular complexity index is 451. The van der Waals surface area contributed by atoms with E-state index in [-0.39, 0.29) is 11.7 Å². The van der Waals surface area contributed by atoms with Crippen molar-refractivity contribution in [1.29, 1.82) is 0 Å². The van der Waals surface area contributed by atoms with Gasteiger partial charge < -0.3 is 0 Å². The highest BCUT2D eigenvalue weighted by Gasteiger charge is 2.18. The first-order chi connectivity index (χ1) is 7.80. The summed E-state index contributed by atoms with van der Waals surface area (Å²) in [5.41, 5.74) is 0.849. The molecule has 6 nitrogen and oxygen atoms in total. The number of thiol groups is 1. The number of pyridine rings is 1. The van der Waals surface area contributed by atoms with Gasteiger partial charge in [0, 0.05) is 28.3 Å². The molecule has 0 aliphatic heterocycles. The van der Waals surface area contributed by atoms with Crippen LogP contribution in [0.25, 0.3) is 0 Å². The Morgan fingerprint density at radius 3 is 2.76 bits per heavy atom. The summed E-state index contributed by atoms with van der Waals surface area (Å²) in [6, 6.07) is 3.40. The van der Waals surface area contributed by atoms with Crippen LogP contribution in [0.1, 0.15) is 18.4 Å². The fourth-order valence-electron chi connectivity index (χ4n) is 1.52. The summed E-state index contributed by atoms with van der Waals surface area (Å²) in [4.78, 5) is 16.0. The zero-order valence-electron chi connectivity index (χ0n) is 9.46. The standard InChI is InChI=1S/C9H14ClN3O3S/c1-7(6-17(2,16)12-13(14)15)8-3-4-9(10)11-5-8/h3-5,7,17H,6H2,1-2H3,(H,12,16). The highest BCUT2D eigenvalue weighted by Crippen LogP contribution is 2.18. The molecule has 1 heterocycles. The van der Waals surface area contributed by atoms with Gasteiger partial charge in [-0.1, -0.05) is 29.4 Å². The van der Waals surface area contributed by atoms with E-state index < -0.39 is 15.2 Å². The summed E-state index contributed by atoms with van der Waals surface area (Å²) in [5, 5.41) is 9.88. The Balaban J connectivity index is 2.72. The van der Waals surface area contributed by atoms with Gasteiger partial charge in [0.25, 0.3) is 0 Å². The van der Waals surface area contributed by atoms with Crippen LogP contribution >= 0.6 is 11.6 Å². The number of rotatable bonds is 5. The van der Waals surface area contributed by atoms with Gasteiger partial charge in [-0.25, -0.2) is 15.1 Å². The number of aromatic nitrogens is 1. The maximum Gasteiger partial charge on any atom is 0.169 e. The molecule has 0 saturated carbocycles. The number of hydrogen-bond acceptors (Lipinski definition) is 4. The summed E-state index contributed by atoms with van der Waals surface area (Å²) in [6.07, 6.45) is 2.94. The smallest absolute Gasteiger partial charge is 0.169 e. The number of hydrogen-bond donors (Lipinski definition) is 2. The summed E-state index contributed by atoms with van der Waals surface area (Å²) in [5.74, 6) is 0.0974.